The molecule has 1 saturated heterocycles. The van der Waals surface area contributed by atoms with Gasteiger partial charge in [0.1, 0.15) is 18.3 Å². The fourth-order valence-electron chi connectivity index (χ4n) is 9.58. The minimum atomic E-state index is -5.68. The zero-order valence-corrected chi connectivity index (χ0v) is 36.8. The Bertz CT molecular complexity index is 1490. The summed E-state index contributed by atoms with van der Waals surface area (Å²) in [7, 11) is -11.3. The molecule has 20 heteroatoms. The number of hydrogen-bond acceptors (Lipinski definition) is 15. The molecule has 5 fully saturated rings. The van der Waals surface area contributed by atoms with Crippen LogP contribution in [0.15, 0.2) is 12.2 Å². The average Bonchev–Trinajstić information content (AvgIpc) is 3.18. The molecule has 274 valence electrons. The van der Waals surface area contributed by atoms with Crippen LogP contribution in [0.25, 0.3) is 0 Å². The monoisotopic (exact) mass is 802 g/mol. The number of ether oxygens (including phenoxy) is 3. The molecule has 5 rings (SSSR count). The van der Waals surface area contributed by atoms with Gasteiger partial charge < -0.3 is 38.6 Å². The maximum atomic E-state index is 13.0. The fourth-order valence-corrected chi connectivity index (χ4v) is 10.6. The van der Waals surface area contributed by atoms with Crippen LogP contribution in [-0.2, 0) is 53.0 Å². The first kappa shape index (κ1) is 45.9. The Balaban J connectivity index is 0.00000338. The van der Waals surface area contributed by atoms with Crippen LogP contribution in [0.3, 0.4) is 0 Å². The van der Waals surface area contributed by atoms with Gasteiger partial charge in [0.05, 0.1) is 24.7 Å². The van der Waals surface area contributed by atoms with E-state index in [-0.39, 0.29) is 140 Å². The number of hydrogen-bond donors (Lipinski definition) is 3. The smallest absolute Gasteiger partial charge is 0.726 e. The molecule has 0 radical (unpaired) electrons. The standard InChI is InChI=1S/C30H46O16S2.2K/c1-14(2)9-22(32)44-25-24(46-48(39,40)41)23(45-47(36,37)38)21(13-31)43-28(25)42-20-12-29(4)8-7-17-11-30(29,26(33)15(17)3)19-6-5-16(27(34)35)10-18(19)20;;/h14,16-21,23-26,28,31,33H,3,5-13H2,1-2,4H3,(H,34,35)(H,36,37,38)(H,39,40,41);;/q;2*+1/p-2/t16-,17-,18?,19?,20-,21-,23-,24+,25-,26+,28+,29-,30+;;/m1../s1. The average molecular weight is 803 g/mol. The third-order valence-electron chi connectivity index (χ3n) is 11.5. The van der Waals surface area contributed by atoms with Crippen LogP contribution in [0.4, 0.5) is 0 Å². The maximum Gasteiger partial charge on any atom is 1.00 e. The fraction of sp³-hybridized carbons (Fsp3) is 0.867. The molecule has 13 atom stereocenters. The number of aliphatic carboxylic acids is 1. The van der Waals surface area contributed by atoms with Crippen molar-refractivity contribution in [3.05, 3.63) is 12.2 Å². The summed E-state index contributed by atoms with van der Waals surface area (Å²) in [4.78, 5) is 25.2. The second kappa shape index (κ2) is 17.4. The van der Waals surface area contributed by atoms with E-state index >= 15 is 0 Å². The van der Waals surface area contributed by atoms with Crippen molar-refractivity contribution < 1.29 is 176 Å². The molecule has 1 heterocycles. The van der Waals surface area contributed by atoms with E-state index < -0.39 is 105 Å². The SMILES string of the molecule is C=C1[C@@H]2CC[C@]3(C)C[C@@H](O[C@H]4O[C@H](CO)[C@@H](OS(=O)(=O)[O-])[C@H](OS(=O)(=O)[O-])[C@H]4OC(=O)CC(C)C)C4C[C@H](C(=O)O)CCC4[C@@]3(C2)[C@H]1O.[K+].[K+]. The summed E-state index contributed by atoms with van der Waals surface area (Å²) in [5.74, 6) is -3.55. The molecule has 0 aromatic carbocycles. The van der Waals surface area contributed by atoms with Crippen molar-refractivity contribution in [2.45, 2.75) is 115 Å². The number of esters is 1. The number of aliphatic hydroxyl groups excluding tert-OH is 2. The van der Waals surface area contributed by atoms with Gasteiger partial charge in [-0.1, -0.05) is 27.4 Å². The molecule has 2 bridgehead atoms. The summed E-state index contributed by atoms with van der Waals surface area (Å²) in [6, 6.07) is 0. The van der Waals surface area contributed by atoms with E-state index in [0.29, 0.717) is 25.7 Å². The Kier molecular flexibility index (Phi) is 15.9. The van der Waals surface area contributed by atoms with E-state index in [1.54, 1.807) is 13.8 Å². The van der Waals surface area contributed by atoms with Crippen LogP contribution < -0.4 is 103 Å². The molecule has 0 amide bonds. The van der Waals surface area contributed by atoms with Gasteiger partial charge in [0.15, 0.2) is 12.4 Å². The van der Waals surface area contributed by atoms with Gasteiger partial charge in [0.25, 0.3) is 0 Å². The third-order valence-corrected chi connectivity index (χ3v) is 12.5. The van der Waals surface area contributed by atoms with Crippen LogP contribution in [-0.4, -0.2) is 103 Å². The summed E-state index contributed by atoms with van der Waals surface area (Å²) in [6.45, 7) is 8.54. The first-order valence-corrected chi connectivity index (χ1v) is 18.9. The van der Waals surface area contributed by atoms with Crippen molar-refractivity contribution in [3.8, 4) is 0 Å². The van der Waals surface area contributed by atoms with Crippen molar-refractivity contribution in [2.24, 2.45) is 40.4 Å². The number of carbonyl (C=O) groups is 2. The first-order chi connectivity index (χ1) is 22.2. The third kappa shape index (κ3) is 9.38. The second-order valence-electron chi connectivity index (χ2n) is 14.7. The Morgan fingerprint density at radius 3 is 2.20 bits per heavy atom. The molecular formula is C30H44K2O16S2. The van der Waals surface area contributed by atoms with Crippen molar-refractivity contribution >= 4 is 32.7 Å². The summed E-state index contributed by atoms with van der Waals surface area (Å²) in [6.07, 6.45) is -8.67. The van der Waals surface area contributed by atoms with Crippen LogP contribution >= 0.6 is 0 Å². The Morgan fingerprint density at radius 2 is 1.64 bits per heavy atom. The van der Waals surface area contributed by atoms with Gasteiger partial charge in [-0.25, -0.2) is 16.8 Å². The van der Waals surface area contributed by atoms with Gasteiger partial charge in [-0.2, -0.15) is 0 Å². The van der Waals surface area contributed by atoms with Crippen molar-refractivity contribution in [3.63, 3.8) is 0 Å². The molecule has 0 aromatic rings. The van der Waals surface area contributed by atoms with Crippen LogP contribution in [0.5, 0.6) is 0 Å². The number of rotatable bonds is 11. The Labute approximate surface area is 377 Å². The molecule has 5 aliphatic rings. The minimum Gasteiger partial charge on any atom is -0.726 e. The maximum absolute atomic E-state index is 13.0. The molecule has 1 spiro atoms. The molecule has 1 aliphatic heterocycles. The molecule has 3 N–H and O–H groups in total. The zero-order valence-electron chi connectivity index (χ0n) is 29.0. The first-order valence-electron chi connectivity index (χ1n) is 16.2. The van der Waals surface area contributed by atoms with Crippen LogP contribution in [0.1, 0.15) is 72.1 Å². The predicted octanol–water partition coefficient (Wildman–Crippen LogP) is -5.01. The largest absolute Gasteiger partial charge is 1.00 e. The van der Waals surface area contributed by atoms with Gasteiger partial charge in [0.2, 0.25) is 20.8 Å². The Hall–Kier alpha value is 1.53. The van der Waals surface area contributed by atoms with Crippen LogP contribution in [0, 0.1) is 40.4 Å². The summed E-state index contributed by atoms with van der Waals surface area (Å²) in [5, 5.41) is 31.8. The molecule has 4 aliphatic carbocycles. The second-order valence-corrected chi connectivity index (χ2v) is 16.7. The van der Waals surface area contributed by atoms with E-state index in [4.69, 9.17) is 14.2 Å². The summed E-state index contributed by atoms with van der Waals surface area (Å²) in [5.41, 5.74) is -0.404. The van der Waals surface area contributed by atoms with E-state index in [1.165, 1.54) is 0 Å². The Morgan fingerprint density at radius 1 is 1.02 bits per heavy atom. The number of carbonyl (C=O) groups excluding carboxylic acids is 1. The number of aliphatic hydroxyl groups is 2. The molecule has 2 unspecified atom stereocenters. The van der Waals surface area contributed by atoms with E-state index in [0.717, 1.165) is 12.0 Å². The van der Waals surface area contributed by atoms with Gasteiger partial charge in [-0.05, 0) is 79.6 Å². The summed E-state index contributed by atoms with van der Waals surface area (Å²) < 4.78 is 97.7. The van der Waals surface area contributed by atoms with Crippen LogP contribution in [0.2, 0.25) is 0 Å². The van der Waals surface area contributed by atoms with E-state index in [1.807, 2.05) is 6.92 Å². The molecule has 0 aromatic heterocycles. The van der Waals surface area contributed by atoms with Gasteiger partial charge in [-0.15, -0.1) is 0 Å². The minimum absolute atomic E-state index is 0. The van der Waals surface area contributed by atoms with Gasteiger partial charge in [-0.3, -0.25) is 18.0 Å². The normalized spacial score (nSPS) is 41.3. The summed E-state index contributed by atoms with van der Waals surface area (Å²) >= 11 is 0. The van der Waals surface area contributed by atoms with Crippen molar-refractivity contribution in [1.82, 2.24) is 0 Å². The number of carboxylic acid groups (broad SMARTS) is 1. The quantitative estimate of drug-likeness (QED) is 0.0442. The zero-order chi connectivity index (χ0) is 35.6. The molecule has 4 saturated carbocycles. The van der Waals surface area contributed by atoms with Crippen molar-refractivity contribution in [2.75, 3.05) is 6.61 Å². The molecule has 16 nitrogen and oxygen atoms in total. The number of fused-ring (bicyclic) bond motifs is 2. The molecule has 50 heavy (non-hydrogen) atoms. The predicted molar refractivity (Wildman–Crippen MR) is 159 cm³/mol. The van der Waals surface area contributed by atoms with Gasteiger partial charge in [0, 0.05) is 11.8 Å². The number of carboxylic acids is 1. The topological polar surface area (TPSA) is 255 Å². The van der Waals surface area contributed by atoms with E-state index in [9.17, 15) is 50.8 Å². The van der Waals surface area contributed by atoms with Crippen molar-refractivity contribution in [1.29, 1.82) is 0 Å². The molecular weight excluding hydrogens is 759 g/mol. The van der Waals surface area contributed by atoms with Gasteiger partial charge >= 0.3 is 115 Å². The van der Waals surface area contributed by atoms with E-state index in [2.05, 4.69) is 14.9 Å².